The SMILES string of the molecule is c1ccc(-c2c(-c3ccccc3)c3cc(-c4cccc(N(c5cccc(-c6cccc7c6oc6ccccc67)c5)c5cccc6ccccc56)c4)ccc3c3ccccc23)cc1. The third-order valence-corrected chi connectivity index (χ3v) is 12.4. The van der Waals surface area contributed by atoms with Gasteiger partial charge in [-0.1, -0.05) is 194 Å². The molecule has 0 fully saturated rings. The van der Waals surface area contributed by atoms with Crippen molar-refractivity contribution in [1.82, 2.24) is 0 Å². The zero-order valence-electron chi connectivity index (χ0n) is 33.9. The number of para-hydroxylation sites is 2. The van der Waals surface area contributed by atoms with Crippen molar-refractivity contribution in [3.05, 3.63) is 237 Å². The van der Waals surface area contributed by atoms with Crippen molar-refractivity contribution >= 4 is 71.3 Å². The molecular formula is C60H39NO. The van der Waals surface area contributed by atoms with Crippen LogP contribution in [0.3, 0.4) is 0 Å². The van der Waals surface area contributed by atoms with Crippen molar-refractivity contribution < 1.29 is 4.42 Å². The summed E-state index contributed by atoms with van der Waals surface area (Å²) in [7, 11) is 0. The fraction of sp³-hybridized carbons (Fsp3) is 0. The Morgan fingerprint density at radius 2 is 0.806 bits per heavy atom. The van der Waals surface area contributed by atoms with Crippen molar-refractivity contribution in [3.8, 4) is 44.5 Å². The Labute approximate surface area is 360 Å². The molecule has 0 atom stereocenters. The maximum absolute atomic E-state index is 6.54. The number of hydrogen-bond acceptors (Lipinski definition) is 2. The number of rotatable bonds is 7. The van der Waals surface area contributed by atoms with Gasteiger partial charge < -0.3 is 9.32 Å². The summed E-state index contributed by atoms with van der Waals surface area (Å²) >= 11 is 0. The summed E-state index contributed by atoms with van der Waals surface area (Å²) in [5, 5.41) is 9.61. The molecule has 11 aromatic carbocycles. The molecule has 290 valence electrons. The fourth-order valence-corrected chi connectivity index (χ4v) is 9.62. The number of furan rings is 1. The van der Waals surface area contributed by atoms with E-state index in [2.05, 4.69) is 229 Å². The quantitative estimate of drug-likeness (QED) is 0.150. The maximum Gasteiger partial charge on any atom is 0.143 e. The first-order valence-electron chi connectivity index (χ1n) is 21.3. The Kier molecular flexibility index (Phi) is 8.53. The molecule has 0 amide bonds. The highest BCUT2D eigenvalue weighted by molar-refractivity contribution is 6.22. The van der Waals surface area contributed by atoms with Gasteiger partial charge in [-0.2, -0.15) is 0 Å². The van der Waals surface area contributed by atoms with E-state index in [1.54, 1.807) is 0 Å². The summed E-state index contributed by atoms with van der Waals surface area (Å²) in [6, 6.07) is 85.5. The standard InChI is InChI=1S/C60H39NO/c1-3-18-41(19-4-1)58-53-30-10-9-28-50(53)51-36-35-44(39-55(51)59(58)42-20-5-2-6-21-42)43-23-13-25-46(37-43)61(56-33-15-22-40-17-7-8-27-48(40)56)47-26-14-24-45(38-47)49-31-16-32-54-52-29-11-12-34-57(52)62-60(49)54/h1-39H. The monoisotopic (exact) mass is 789 g/mol. The minimum atomic E-state index is 0.898. The zero-order chi connectivity index (χ0) is 41.0. The van der Waals surface area contributed by atoms with E-state index in [1.165, 1.54) is 54.6 Å². The van der Waals surface area contributed by atoms with Gasteiger partial charge in [-0.15, -0.1) is 0 Å². The van der Waals surface area contributed by atoms with E-state index in [4.69, 9.17) is 4.42 Å². The second kappa shape index (κ2) is 14.8. The van der Waals surface area contributed by atoms with Crippen LogP contribution in [-0.2, 0) is 0 Å². The van der Waals surface area contributed by atoms with Gasteiger partial charge in [0, 0.05) is 33.1 Å². The molecule has 0 N–H and O–H groups in total. The largest absolute Gasteiger partial charge is 0.455 e. The van der Waals surface area contributed by atoms with Gasteiger partial charge in [0.2, 0.25) is 0 Å². The number of anilines is 3. The van der Waals surface area contributed by atoms with Crippen LogP contribution in [0.2, 0.25) is 0 Å². The molecular weight excluding hydrogens is 751 g/mol. The van der Waals surface area contributed by atoms with Crippen LogP contribution in [0.5, 0.6) is 0 Å². The molecule has 0 aliphatic carbocycles. The third kappa shape index (κ3) is 5.96. The summed E-state index contributed by atoms with van der Waals surface area (Å²) in [4.78, 5) is 2.41. The first-order valence-corrected chi connectivity index (χ1v) is 21.3. The van der Waals surface area contributed by atoms with Crippen LogP contribution in [-0.4, -0.2) is 0 Å². The van der Waals surface area contributed by atoms with Gasteiger partial charge >= 0.3 is 0 Å². The fourth-order valence-electron chi connectivity index (χ4n) is 9.62. The van der Waals surface area contributed by atoms with Crippen LogP contribution in [0.1, 0.15) is 0 Å². The van der Waals surface area contributed by atoms with Crippen LogP contribution in [0.15, 0.2) is 241 Å². The van der Waals surface area contributed by atoms with Crippen LogP contribution >= 0.6 is 0 Å². The van der Waals surface area contributed by atoms with Gasteiger partial charge in [-0.3, -0.25) is 0 Å². The molecule has 12 aromatic rings. The van der Waals surface area contributed by atoms with Gasteiger partial charge in [0.1, 0.15) is 11.2 Å². The lowest BCUT2D eigenvalue weighted by atomic mass is 9.84. The lowest BCUT2D eigenvalue weighted by Crippen LogP contribution is -2.10. The highest BCUT2D eigenvalue weighted by Crippen LogP contribution is 2.47. The van der Waals surface area contributed by atoms with E-state index in [-0.39, 0.29) is 0 Å². The Morgan fingerprint density at radius 1 is 0.290 bits per heavy atom. The minimum absolute atomic E-state index is 0.898. The number of benzene rings is 11. The van der Waals surface area contributed by atoms with Gasteiger partial charge in [0.05, 0.1) is 5.69 Å². The van der Waals surface area contributed by atoms with Crippen molar-refractivity contribution in [2.75, 3.05) is 4.90 Å². The highest BCUT2D eigenvalue weighted by atomic mass is 16.3. The minimum Gasteiger partial charge on any atom is -0.455 e. The van der Waals surface area contributed by atoms with E-state index in [0.717, 1.165) is 61.3 Å². The number of fused-ring (bicyclic) bond motifs is 7. The van der Waals surface area contributed by atoms with Gasteiger partial charge in [-0.05, 0) is 108 Å². The molecule has 0 bridgehead atoms. The summed E-state index contributed by atoms with van der Waals surface area (Å²) in [5.74, 6) is 0. The predicted octanol–water partition coefficient (Wildman–Crippen LogP) is 17.2. The average Bonchev–Trinajstić information content (AvgIpc) is 3.73. The molecule has 0 unspecified atom stereocenters. The molecule has 0 saturated carbocycles. The van der Waals surface area contributed by atoms with Gasteiger partial charge in [0.25, 0.3) is 0 Å². The molecule has 2 nitrogen and oxygen atoms in total. The maximum atomic E-state index is 6.54. The second-order valence-electron chi connectivity index (χ2n) is 16.0. The van der Waals surface area contributed by atoms with Crippen molar-refractivity contribution in [3.63, 3.8) is 0 Å². The first kappa shape index (κ1) is 35.7. The average molecular weight is 790 g/mol. The Balaban J connectivity index is 1.06. The normalized spacial score (nSPS) is 11.5. The van der Waals surface area contributed by atoms with E-state index in [1.807, 2.05) is 12.1 Å². The molecule has 62 heavy (non-hydrogen) atoms. The molecule has 0 radical (unpaired) electrons. The zero-order valence-corrected chi connectivity index (χ0v) is 33.9. The Bertz CT molecular complexity index is 3630. The lowest BCUT2D eigenvalue weighted by molar-refractivity contribution is 0.670. The smallest absolute Gasteiger partial charge is 0.143 e. The van der Waals surface area contributed by atoms with Crippen LogP contribution in [0.4, 0.5) is 17.1 Å². The van der Waals surface area contributed by atoms with Crippen molar-refractivity contribution in [2.45, 2.75) is 0 Å². The summed E-state index contributed by atoms with van der Waals surface area (Å²) in [6.45, 7) is 0. The Morgan fingerprint density at radius 3 is 1.58 bits per heavy atom. The molecule has 2 heteroatoms. The molecule has 12 rings (SSSR count). The lowest BCUT2D eigenvalue weighted by Gasteiger charge is -2.28. The molecule has 0 saturated heterocycles. The summed E-state index contributed by atoms with van der Waals surface area (Å²) in [6.07, 6.45) is 0. The second-order valence-corrected chi connectivity index (χ2v) is 16.0. The predicted molar refractivity (Wildman–Crippen MR) is 263 cm³/mol. The topological polar surface area (TPSA) is 16.4 Å². The summed E-state index contributed by atoms with van der Waals surface area (Å²) < 4.78 is 6.54. The Hall–Kier alpha value is -8.20. The van der Waals surface area contributed by atoms with Gasteiger partial charge in [-0.25, -0.2) is 0 Å². The molecule has 1 heterocycles. The van der Waals surface area contributed by atoms with E-state index in [0.29, 0.717) is 0 Å². The number of nitrogens with zero attached hydrogens (tertiary/aromatic N) is 1. The molecule has 0 spiro atoms. The van der Waals surface area contributed by atoms with Crippen LogP contribution < -0.4 is 4.90 Å². The van der Waals surface area contributed by atoms with E-state index in [9.17, 15) is 0 Å². The molecule has 1 aromatic heterocycles. The van der Waals surface area contributed by atoms with Crippen LogP contribution in [0, 0.1) is 0 Å². The van der Waals surface area contributed by atoms with Crippen molar-refractivity contribution in [2.24, 2.45) is 0 Å². The van der Waals surface area contributed by atoms with E-state index < -0.39 is 0 Å². The van der Waals surface area contributed by atoms with Crippen LogP contribution in [0.25, 0.3) is 98.8 Å². The molecule has 0 aliphatic heterocycles. The van der Waals surface area contributed by atoms with E-state index >= 15 is 0 Å². The van der Waals surface area contributed by atoms with Crippen molar-refractivity contribution in [1.29, 1.82) is 0 Å². The third-order valence-electron chi connectivity index (χ3n) is 12.4. The highest BCUT2D eigenvalue weighted by Gasteiger charge is 2.21. The number of hydrogen-bond donors (Lipinski definition) is 0. The van der Waals surface area contributed by atoms with Gasteiger partial charge in [0.15, 0.2) is 0 Å². The summed E-state index contributed by atoms with van der Waals surface area (Å²) in [5.41, 5.74) is 14.4. The first-order chi connectivity index (χ1) is 30.8. The molecule has 0 aliphatic rings.